The second kappa shape index (κ2) is 7.04. The van der Waals surface area contributed by atoms with Crippen molar-refractivity contribution >= 4 is 11.6 Å². The summed E-state index contributed by atoms with van der Waals surface area (Å²) in [7, 11) is 1.61. The minimum Gasteiger partial charge on any atom is -0.396 e. The maximum absolute atomic E-state index is 13.3. The number of rotatable bonds is 7. The van der Waals surface area contributed by atoms with E-state index in [0.29, 0.717) is 19.6 Å². The number of nitrogens with one attached hydrogen (secondary N) is 1. The molecule has 0 aliphatic rings. The molecular formula is C13H19ClFNO2. The maximum atomic E-state index is 13.3. The fourth-order valence-corrected chi connectivity index (χ4v) is 1.86. The lowest BCUT2D eigenvalue weighted by atomic mass is 9.99. The zero-order valence-electron chi connectivity index (χ0n) is 10.7. The van der Waals surface area contributed by atoms with Gasteiger partial charge in [0, 0.05) is 25.8 Å². The van der Waals surface area contributed by atoms with Crippen molar-refractivity contribution in [3.05, 3.63) is 34.6 Å². The monoisotopic (exact) mass is 275 g/mol. The van der Waals surface area contributed by atoms with Gasteiger partial charge in [-0.15, -0.1) is 0 Å². The number of hydrogen-bond donors (Lipinski definition) is 2. The highest BCUT2D eigenvalue weighted by atomic mass is 35.5. The lowest BCUT2D eigenvalue weighted by molar-refractivity contribution is 0.0969. The Morgan fingerprint density at radius 3 is 2.78 bits per heavy atom. The van der Waals surface area contributed by atoms with Gasteiger partial charge in [-0.3, -0.25) is 0 Å². The van der Waals surface area contributed by atoms with Gasteiger partial charge in [0.1, 0.15) is 5.82 Å². The van der Waals surface area contributed by atoms with Crippen LogP contribution in [0.15, 0.2) is 18.2 Å². The summed E-state index contributed by atoms with van der Waals surface area (Å²) in [4.78, 5) is 0. The number of aliphatic hydroxyl groups excluding tert-OH is 1. The Kier molecular flexibility index (Phi) is 6.02. The van der Waals surface area contributed by atoms with Crippen LogP contribution in [-0.2, 0) is 11.3 Å². The van der Waals surface area contributed by atoms with E-state index in [1.807, 2.05) is 6.92 Å². The van der Waals surface area contributed by atoms with Gasteiger partial charge in [0.25, 0.3) is 0 Å². The molecule has 0 saturated carbocycles. The normalized spacial score (nSPS) is 14.5. The predicted molar refractivity (Wildman–Crippen MR) is 70.2 cm³/mol. The lowest BCUT2D eigenvalue weighted by Gasteiger charge is -2.29. The third-order valence-corrected chi connectivity index (χ3v) is 3.14. The molecule has 18 heavy (non-hydrogen) atoms. The first-order valence-electron chi connectivity index (χ1n) is 5.79. The van der Waals surface area contributed by atoms with Crippen LogP contribution in [-0.4, -0.2) is 31.0 Å². The third kappa shape index (κ3) is 4.53. The minimum absolute atomic E-state index is 0.0713. The molecule has 1 unspecified atom stereocenters. The molecule has 0 radical (unpaired) electrons. The molecule has 0 aliphatic heterocycles. The van der Waals surface area contributed by atoms with Gasteiger partial charge in [0.15, 0.2) is 0 Å². The van der Waals surface area contributed by atoms with Crippen molar-refractivity contribution in [1.82, 2.24) is 5.32 Å². The van der Waals surface area contributed by atoms with Crippen LogP contribution in [0.1, 0.15) is 18.9 Å². The van der Waals surface area contributed by atoms with E-state index in [0.717, 1.165) is 5.56 Å². The van der Waals surface area contributed by atoms with Gasteiger partial charge >= 0.3 is 0 Å². The van der Waals surface area contributed by atoms with Gasteiger partial charge in [-0.2, -0.15) is 0 Å². The average Bonchev–Trinajstić information content (AvgIpc) is 2.32. The third-order valence-electron chi connectivity index (χ3n) is 2.83. The van der Waals surface area contributed by atoms with Gasteiger partial charge < -0.3 is 15.2 Å². The van der Waals surface area contributed by atoms with Crippen molar-refractivity contribution in [3.63, 3.8) is 0 Å². The number of halogens is 2. The topological polar surface area (TPSA) is 41.5 Å². The lowest BCUT2D eigenvalue weighted by Crippen LogP contribution is -2.46. The summed E-state index contributed by atoms with van der Waals surface area (Å²) in [5, 5.41) is 12.4. The Morgan fingerprint density at radius 1 is 1.50 bits per heavy atom. The van der Waals surface area contributed by atoms with Gasteiger partial charge in [-0.05, 0) is 31.0 Å². The van der Waals surface area contributed by atoms with Crippen LogP contribution in [0.5, 0.6) is 0 Å². The molecule has 2 N–H and O–H groups in total. The Morgan fingerprint density at radius 2 is 2.22 bits per heavy atom. The molecule has 1 rings (SSSR count). The standard InChI is InChI=1S/C13H19ClFNO2/c1-13(5-6-17,9-18-2)16-8-10-3-4-11(14)12(15)7-10/h3-4,7,16-17H,5-6,8-9H2,1-2H3. The quantitative estimate of drug-likeness (QED) is 0.803. The largest absolute Gasteiger partial charge is 0.396 e. The van der Waals surface area contributed by atoms with Crippen molar-refractivity contribution in [3.8, 4) is 0 Å². The number of benzene rings is 1. The van der Waals surface area contributed by atoms with Gasteiger partial charge in [-0.1, -0.05) is 17.7 Å². The first-order chi connectivity index (χ1) is 8.50. The summed E-state index contributed by atoms with van der Waals surface area (Å²) in [6, 6.07) is 4.71. The molecule has 1 aromatic rings. The first-order valence-corrected chi connectivity index (χ1v) is 6.17. The van der Waals surface area contributed by atoms with Gasteiger partial charge in [0.05, 0.1) is 11.6 Å². The molecule has 5 heteroatoms. The predicted octanol–water partition coefficient (Wildman–Crippen LogP) is 2.36. The highest BCUT2D eigenvalue weighted by Gasteiger charge is 2.22. The summed E-state index contributed by atoms with van der Waals surface area (Å²) in [5.74, 6) is -0.424. The van der Waals surface area contributed by atoms with Crippen LogP contribution < -0.4 is 5.32 Å². The second-order valence-electron chi connectivity index (χ2n) is 4.57. The molecule has 0 amide bonds. The zero-order valence-corrected chi connectivity index (χ0v) is 11.4. The molecule has 0 aromatic heterocycles. The van der Waals surface area contributed by atoms with E-state index >= 15 is 0 Å². The van der Waals surface area contributed by atoms with Gasteiger partial charge in [0.2, 0.25) is 0 Å². The van der Waals surface area contributed by atoms with E-state index in [-0.39, 0.29) is 17.2 Å². The van der Waals surface area contributed by atoms with Crippen LogP contribution in [0.2, 0.25) is 5.02 Å². The summed E-state index contributed by atoms with van der Waals surface area (Å²) >= 11 is 5.62. The highest BCUT2D eigenvalue weighted by Crippen LogP contribution is 2.17. The first kappa shape index (κ1) is 15.4. The van der Waals surface area contributed by atoms with Crippen LogP contribution in [0.25, 0.3) is 0 Å². The molecule has 0 spiro atoms. The van der Waals surface area contributed by atoms with Crippen LogP contribution in [0, 0.1) is 5.82 Å². The van der Waals surface area contributed by atoms with Crippen molar-refractivity contribution < 1.29 is 14.2 Å². The van der Waals surface area contributed by atoms with Crippen molar-refractivity contribution in [2.75, 3.05) is 20.3 Å². The molecule has 0 bridgehead atoms. The molecule has 102 valence electrons. The number of ether oxygens (including phenoxy) is 1. The molecule has 0 heterocycles. The highest BCUT2D eigenvalue weighted by molar-refractivity contribution is 6.30. The summed E-state index contributed by atoms with van der Waals surface area (Å²) in [5.41, 5.74) is 0.469. The molecule has 1 atom stereocenters. The second-order valence-corrected chi connectivity index (χ2v) is 4.98. The maximum Gasteiger partial charge on any atom is 0.142 e. The Hall–Kier alpha value is -0.680. The number of methoxy groups -OCH3 is 1. The molecule has 0 fully saturated rings. The SMILES string of the molecule is COCC(C)(CCO)NCc1ccc(Cl)c(F)c1. The fourth-order valence-electron chi connectivity index (χ4n) is 1.74. The van der Waals surface area contributed by atoms with Crippen LogP contribution >= 0.6 is 11.6 Å². The van der Waals surface area contributed by atoms with Crippen LogP contribution in [0.4, 0.5) is 4.39 Å². The van der Waals surface area contributed by atoms with Crippen molar-refractivity contribution in [1.29, 1.82) is 0 Å². The summed E-state index contributed by atoms with van der Waals surface area (Å²) in [6.45, 7) is 3.00. The Bertz CT molecular complexity index is 381. The Labute approximate surface area is 112 Å². The molecular weight excluding hydrogens is 257 g/mol. The smallest absolute Gasteiger partial charge is 0.142 e. The Balaban J connectivity index is 2.63. The zero-order chi connectivity index (χ0) is 13.6. The van der Waals surface area contributed by atoms with Crippen molar-refractivity contribution in [2.45, 2.75) is 25.4 Å². The fraction of sp³-hybridized carbons (Fsp3) is 0.538. The van der Waals surface area contributed by atoms with E-state index < -0.39 is 5.82 Å². The molecule has 0 saturated heterocycles. The average molecular weight is 276 g/mol. The molecule has 0 aliphatic carbocycles. The minimum atomic E-state index is -0.424. The van der Waals surface area contributed by atoms with E-state index in [4.69, 9.17) is 21.4 Å². The van der Waals surface area contributed by atoms with E-state index in [1.54, 1.807) is 13.2 Å². The molecule has 3 nitrogen and oxygen atoms in total. The number of aliphatic hydroxyl groups is 1. The molecule has 1 aromatic carbocycles. The summed E-state index contributed by atoms with van der Waals surface area (Å²) < 4.78 is 18.4. The van der Waals surface area contributed by atoms with Crippen molar-refractivity contribution in [2.24, 2.45) is 0 Å². The van der Waals surface area contributed by atoms with E-state index in [9.17, 15) is 4.39 Å². The van der Waals surface area contributed by atoms with E-state index in [1.165, 1.54) is 12.1 Å². The van der Waals surface area contributed by atoms with Gasteiger partial charge in [-0.25, -0.2) is 4.39 Å². The summed E-state index contributed by atoms with van der Waals surface area (Å²) in [6.07, 6.45) is 0.566. The number of hydrogen-bond acceptors (Lipinski definition) is 3. The van der Waals surface area contributed by atoms with Crippen LogP contribution in [0.3, 0.4) is 0 Å². The van der Waals surface area contributed by atoms with E-state index in [2.05, 4.69) is 5.32 Å².